The molecule has 0 amide bonds. The first kappa shape index (κ1) is 20.5. The van der Waals surface area contributed by atoms with Crippen LogP contribution in [0, 0.1) is 5.92 Å². The summed E-state index contributed by atoms with van der Waals surface area (Å²) in [4.78, 5) is 6.96. The van der Waals surface area contributed by atoms with Crippen LogP contribution in [0.1, 0.15) is 46.0 Å². The molecule has 6 nitrogen and oxygen atoms in total. The number of hydrogen-bond acceptors (Lipinski definition) is 4. The maximum absolute atomic E-state index is 5.70. The zero-order chi connectivity index (χ0) is 17.9. The molecule has 6 heteroatoms. The Bertz CT molecular complexity index is 378. The highest BCUT2D eigenvalue weighted by Gasteiger charge is 2.24. The zero-order valence-corrected chi connectivity index (χ0v) is 16.4. The summed E-state index contributed by atoms with van der Waals surface area (Å²) in [5, 5.41) is 6.89. The third kappa shape index (κ3) is 7.50. The molecule has 2 rings (SSSR count). The van der Waals surface area contributed by atoms with Crippen molar-refractivity contribution in [3.05, 3.63) is 0 Å². The molecule has 2 saturated heterocycles. The van der Waals surface area contributed by atoms with Crippen molar-refractivity contribution in [3.8, 4) is 0 Å². The molecule has 0 radical (unpaired) electrons. The van der Waals surface area contributed by atoms with Gasteiger partial charge in [0.1, 0.15) is 0 Å². The largest absolute Gasteiger partial charge is 0.379 e. The van der Waals surface area contributed by atoms with E-state index in [1.807, 2.05) is 7.05 Å². The lowest BCUT2D eigenvalue weighted by molar-refractivity contribution is 0.0168. The van der Waals surface area contributed by atoms with Gasteiger partial charge in [0, 0.05) is 39.4 Å². The van der Waals surface area contributed by atoms with Crippen molar-refractivity contribution in [1.82, 2.24) is 15.5 Å². The minimum absolute atomic E-state index is 0.320. The summed E-state index contributed by atoms with van der Waals surface area (Å²) in [6.07, 6.45) is 6.29. The van der Waals surface area contributed by atoms with Crippen molar-refractivity contribution >= 4 is 5.96 Å². The van der Waals surface area contributed by atoms with Gasteiger partial charge < -0.3 is 20.1 Å². The van der Waals surface area contributed by atoms with Crippen LogP contribution in [0.15, 0.2) is 4.99 Å². The van der Waals surface area contributed by atoms with E-state index in [9.17, 15) is 0 Å². The third-order valence-corrected chi connectivity index (χ3v) is 5.17. The Balaban J connectivity index is 1.56. The standard InChI is InChI=1S/C19H38N4O2/c1-16(2)18(23-10-4-5-11-23)14-22-19(20-3)21-9-7-12-24-15-17-8-6-13-25-17/h16-18H,4-15H2,1-3H3,(H2,20,21,22). The molecule has 2 aliphatic rings. The number of guanidine groups is 1. The Labute approximate surface area is 153 Å². The first-order valence-electron chi connectivity index (χ1n) is 10.1. The van der Waals surface area contributed by atoms with E-state index in [-0.39, 0.29) is 0 Å². The van der Waals surface area contributed by atoms with Crippen LogP contribution in [-0.4, -0.2) is 76.1 Å². The van der Waals surface area contributed by atoms with Crippen LogP contribution >= 0.6 is 0 Å². The van der Waals surface area contributed by atoms with Gasteiger partial charge >= 0.3 is 0 Å². The van der Waals surface area contributed by atoms with Crippen LogP contribution in [-0.2, 0) is 9.47 Å². The molecule has 2 aliphatic heterocycles. The minimum Gasteiger partial charge on any atom is -0.379 e. The van der Waals surface area contributed by atoms with Gasteiger partial charge in [-0.1, -0.05) is 13.8 Å². The van der Waals surface area contributed by atoms with Crippen molar-refractivity contribution in [2.24, 2.45) is 10.9 Å². The first-order chi connectivity index (χ1) is 12.2. The van der Waals surface area contributed by atoms with E-state index in [4.69, 9.17) is 9.47 Å². The molecule has 0 aromatic rings. The lowest BCUT2D eigenvalue weighted by atomic mass is 10.0. The van der Waals surface area contributed by atoms with Gasteiger partial charge in [0.05, 0.1) is 12.7 Å². The summed E-state index contributed by atoms with van der Waals surface area (Å²) in [6, 6.07) is 0.579. The second kappa shape index (κ2) is 11.7. The van der Waals surface area contributed by atoms with E-state index in [0.29, 0.717) is 18.1 Å². The average molecular weight is 355 g/mol. The summed E-state index contributed by atoms with van der Waals surface area (Å²) in [5.41, 5.74) is 0. The van der Waals surface area contributed by atoms with E-state index in [0.717, 1.165) is 51.7 Å². The summed E-state index contributed by atoms with van der Waals surface area (Å²) in [5.74, 6) is 1.54. The van der Waals surface area contributed by atoms with Crippen molar-refractivity contribution in [3.63, 3.8) is 0 Å². The molecular formula is C19H38N4O2. The molecule has 0 aromatic carbocycles. The number of likely N-dealkylation sites (tertiary alicyclic amines) is 1. The van der Waals surface area contributed by atoms with Gasteiger partial charge in [0.15, 0.2) is 5.96 Å². The highest BCUT2D eigenvalue weighted by molar-refractivity contribution is 5.79. The lowest BCUT2D eigenvalue weighted by Gasteiger charge is -2.31. The fourth-order valence-corrected chi connectivity index (χ4v) is 3.65. The molecule has 2 atom stereocenters. The molecule has 0 spiro atoms. The van der Waals surface area contributed by atoms with E-state index in [2.05, 4.69) is 34.4 Å². The molecule has 146 valence electrons. The van der Waals surface area contributed by atoms with Crippen molar-refractivity contribution < 1.29 is 9.47 Å². The summed E-state index contributed by atoms with van der Waals surface area (Å²) < 4.78 is 11.3. The quantitative estimate of drug-likeness (QED) is 0.356. The number of ether oxygens (including phenoxy) is 2. The maximum atomic E-state index is 5.70. The number of hydrogen-bond donors (Lipinski definition) is 2. The van der Waals surface area contributed by atoms with Crippen LogP contribution in [0.4, 0.5) is 0 Å². The number of nitrogens with one attached hydrogen (secondary N) is 2. The Morgan fingerprint density at radius 1 is 1.24 bits per heavy atom. The maximum Gasteiger partial charge on any atom is 0.191 e. The second-order valence-corrected chi connectivity index (χ2v) is 7.50. The predicted molar refractivity (Wildman–Crippen MR) is 103 cm³/mol. The molecule has 0 saturated carbocycles. The fourth-order valence-electron chi connectivity index (χ4n) is 3.65. The van der Waals surface area contributed by atoms with Crippen molar-refractivity contribution in [2.45, 2.75) is 58.1 Å². The molecule has 2 fully saturated rings. The molecule has 25 heavy (non-hydrogen) atoms. The molecule has 0 bridgehead atoms. The minimum atomic E-state index is 0.320. The molecule has 0 aromatic heterocycles. The fraction of sp³-hybridized carbons (Fsp3) is 0.947. The number of rotatable bonds is 10. The van der Waals surface area contributed by atoms with Crippen molar-refractivity contribution in [1.29, 1.82) is 0 Å². The Hall–Kier alpha value is -0.850. The summed E-state index contributed by atoms with van der Waals surface area (Å²) in [7, 11) is 1.84. The number of aliphatic imine (C=N–C) groups is 1. The van der Waals surface area contributed by atoms with Crippen LogP contribution in [0.25, 0.3) is 0 Å². The number of nitrogens with zero attached hydrogens (tertiary/aromatic N) is 2. The Morgan fingerprint density at radius 3 is 2.68 bits per heavy atom. The topological polar surface area (TPSA) is 58.1 Å². The molecule has 2 unspecified atom stereocenters. The Morgan fingerprint density at radius 2 is 2.04 bits per heavy atom. The van der Waals surface area contributed by atoms with Crippen LogP contribution in [0.5, 0.6) is 0 Å². The Kier molecular flexibility index (Phi) is 9.58. The lowest BCUT2D eigenvalue weighted by Crippen LogP contribution is -2.48. The molecule has 0 aliphatic carbocycles. The third-order valence-electron chi connectivity index (χ3n) is 5.17. The van der Waals surface area contributed by atoms with Crippen LogP contribution in [0.3, 0.4) is 0 Å². The molecule has 2 N–H and O–H groups in total. The predicted octanol–water partition coefficient (Wildman–Crippen LogP) is 1.86. The summed E-state index contributed by atoms with van der Waals surface area (Å²) in [6.45, 7) is 11.3. The summed E-state index contributed by atoms with van der Waals surface area (Å²) >= 11 is 0. The highest BCUT2D eigenvalue weighted by Crippen LogP contribution is 2.17. The van der Waals surface area contributed by atoms with Gasteiger partial charge in [-0.15, -0.1) is 0 Å². The zero-order valence-electron chi connectivity index (χ0n) is 16.4. The van der Waals surface area contributed by atoms with Gasteiger partial charge in [-0.3, -0.25) is 9.89 Å². The van der Waals surface area contributed by atoms with Gasteiger partial charge in [0.2, 0.25) is 0 Å². The van der Waals surface area contributed by atoms with Gasteiger partial charge in [0.25, 0.3) is 0 Å². The van der Waals surface area contributed by atoms with E-state index in [1.165, 1.54) is 32.4 Å². The second-order valence-electron chi connectivity index (χ2n) is 7.50. The molecule has 2 heterocycles. The first-order valence-corrected chi connectivity index (χ1v) is 10.1. The average Bonchev–Trinajstić information content (AvgIpc) is 3.29. The van der Waals surface area contributed by atoms with E-state index >= 15 is 0 Å². The smallest absolute Gasteiger partial charge is 0.191 e. The highest BCUT2D eigenvalue weighted by atomic mass is 16.5. The van der Waals surface area contributed by atoms with E-state index in [1.54, 1.807) is 0 Å². The normalized spacial score (nSPS) is 23.4. The van der Waals surface area contributed by atoms with Gasteiger partial charge in [-0.05, 0) is 51.1 Å². The molecular weight excluding hydrogens is 316 g/mol. The van der Waals surface area contributed by atoms with Gasteiger partial charge in [-0.2, -0.15) is 0 Å². The van der Waals surface area contributed by atoms with Crippen LogP contribution < -0.4 is 10.6 Å². The van der Waals surface area contributed by atoms with Crippen LogP contribution in [0.2, 0.25) is 0 Å². The van der Waals surface area contributed by atoms with Crippen molar-refractivity contribution in [2.75, 3.05) is 53.0 Å². The van der Waals surface area contributed by atoms with Gasteiger partial charge in [-0.25, -0.2) is 0 Å². The monoisotopic (exact) mass is 354 g/mol. The van der Waals surface area contributed by atoms with E-state index < -0.39 is 0 Å². The SMILES string of the molecule is CN=C(NCCCOCC1CCCO1)NCC(C(C)C)N1CCCC1.